The van der Waals surface area contributed by atoms with Crippen LogP contribution >= 0.6 is 0 Å². The lowest BCUT2D eigenvalue weighted by molar-refractivity contribution is -0.139. The largest absolute Gasteiger partial charge is 0.497 e. The Kier molecular flexibility index (Phi) is 4.79. The van der Waals surface area contributed by atoms with Crippen molar-refractivity contribution < 1.29 is 23.8 Å². The van der Waals surface area contributed by atoms with E-state index in [1.54, 1.807) is 26.2 Å². The summed E-state index contributed by atoms with van der Waals surface area (Å²) in [5.74, 6) is -0.0164. The Balaban J connectivity index is 2.16. The maximum atomic E-state index is 12.6. The second-order valence-corrected chi connectivity index (χ2v) is 5.92. The zero-order valence-corrected chi connectivity index (χ0v) is 14.3. The third kappa shape index (κ3) is 3.12. The number of nitrogens with two attached hydrogens (primary N) is 1. The number of ether oxygens (including phenoxy) is 3. The molecule has 0 amide bonds. The van der Waals surface area contributed by atoms with E-state index in [9.17, 15) is 9.59 Å². The normalized spacial score (nSPS) is 20.1. The fraction of sp³-hybridized carbons (Fsp3) is 0.368. The van der Waals surface area contributed by atoms with Crippen LogP contribution in [0.3, 0.4) is 0 Å². The summed E-state index contributed by atoms with van der Waals surface area (Å²) in [5, 5.41) is 0. The van der Waals surface area contributed by atoms with Crippen molar-refractivity contribution in [3.63, 3.8) is 0 Å². The predicted molar refractivity (Wildman–Crippen MR) is 90.6 cm³/mol. The minimum Gasteiger partial charge on any atom is -0.497 e. The van der Waals surface area contributed by atoms with Gasteiger partial charge in [-0.1, -0.05) is 12.1 Å². The van der Waals surface area contributed by atoms with Gasteiger partial charge >= 0.3 is 5.97 Å². The Morgan fingerprint density at radius 2 is 2.16 bits per heavy atom. The van der Waals surface area contributed by atoms with E-state index in [1.807, 2.05) is 12.1 Å². The van der Waals surface area contributed by atoms with Crippen molar-refractivity contribution in [1.29, 1.82) is 0 Å². The van der Waals surface area contributed by atoms with Gasteiger partial charge in [0.25, 0.3) is 0 Å². The van der Waals surface area contributed by atoms with Gasteiger partial charge in [0, 0.05) is 18.4 Å². The lowest BCUT2D eigenvalue weighted by Gasteiger charge is -2.32. The molecule has 3 rings (SSSR count). The molecule has 1 aromatic carbocycles. The summed E-state index contributed by atoms with van der Waals surface area (Å²) in [4.78, 5) is 25.1. The fourth-order valence-electron chi connectivity index (χ4n) is 3.32. The van der Waals surface area contributed by atoms with E-state index in [0.29, 0.717) is 36.3 Å². The second-order valence-electron chi connectivity index (χ2n) is 5.92. The summed E-state index contributed by atoms with van der Waals surface area (Å²) in [6.45, 7) is 1.93. The second kappa shape index (κ2) is 7.01. The highest BCUT2D eigenvalue weighted by Gasteiger charge is 2.41. The summed E-state index contributed by atoms with van der Waals surface area (Å²) < 4.78 is 16.1. The quantitative estimate of drug-likeness (QED) is 0.845. The molecular formula is C19H21NO5. The first-order chi connectivity index (χ1) is 12.1. The molecule has 6 heteroatoms. The van der Waals surface area contributed by atoms with Crippen molar-refractivity contribution in [2.24, 2.45) is 5.73 Å². The molecule has 0 spiro atoms. The highest BCUT2D eigenvalue weighted by molar-refractivity contribution is 6.03. The van der Waals surface area contributed by atoms with E-state index in [1.165, 1.54) is 0 Å². The number of ketones is 1. The van der Waals surface area contributed by atoms with Crippen LogP contribution in [0.5, 0.6) is 5.75 Å². The number of hydrogen-bond donors (Lipinski definition) is 1. The molecule has 1 aromatic rings. The van der Waals surface area contributed by atoms with Crippen LogP contribution in [0.4, 0.5) is 0 Å². The summed E-state index contributed by atoms with van der Waals surface area (Å²) in [5.41, 5.74) is 7.45. The zero-order valence-electron chi connectivity index (χ0n) is 14.3. The van der Waals surface area contributed by atoms with E-state index in [0.717, 1.165) is 5.56 Å². The van der Waals surface area contributed by atoms with Gasteiger partial charge in [0.1, 0.15) is 17.1 Å². The Labute approximate surface area is 146 Å². The Bertz CT molecular complexity index is 778. The SMILES string of the molecule is CCOC(=O)C1=C(N)OC2=C(C(=O)CCC2)C1c1cccc(OC)c1. The molecule has 132 valence electrons. The van der Waals surface area contributed by atoms with Crippen LogP contribution in [0.25, 0.3) is 0 Å². The molecule has 1 aliphatic carbocycles. The fourth-order valence-corrected chi connectivity index (χ4v) is 3.32. The number of hydrogen-bond acceptors (Lipinski definition) is 6. The number of benzene rings is 1. The third-order valence-electron chi connectivity index (χ3n) is 4.41. The Hall–Kier alpha value is -2.76. The van der Waals surface area contributed by atoms with Crippen molar-refractivity contribution in [3.8, 4) is 5.75 Å². The van der Waals surface area contributed by atoms with Crippen LogP contribution in [0.15, 0.2) is 47.1 Å². The van der Waals surface area contributed by atoms with Crippen molar-refractivity contribution >= 4 is 11.8 Å². The van der Waals surface area contributed by atoms with Crippen molar-refractivity contribution in [3.05, 3.63) is 52.6 Å². The molecule has 1 atom stereocenters. The third-order valence-corrected chi connectivity index (χ3v) is 4.41. The molecule has 0 aromatic heterocycles. The van der Waals surface area contributed by atoms with Gasteiger partial charge in [-0.3, -0.25) is 4.79 Å². The molecule has 2 N–H and O–H groups in total. The average Bonchev–Trinajstić information content (AvgIpc) is 2.61. The number of carbonyl (C=O) groups excluding carboxylic acids is 2. The molecule has 0 radical (unpaired) electrons. The Morgan fingerprint density at radius 1 is 1.36 bits per heavy atom. The number of rotatable bonds is 4. The zero-order chi connectivity index (χ0) is 18.0. The molecule has 1 aliphatic heterocycles. The lowest BCUT2D eigenvalue weighted by Crippen LogP contribution is -2.31. The molecule has 0 saturated carbocycles. The monoisotopic (exact) mass is 343 g/mol. The van der Waals surface area contributed by atoms with Crippen LogP contribution in [0, 0.1) is 0 Å². The highest BCUT2D eigenvalue weighted by atomic mass is 16.5. The molecule has 0 fully saturated rings. The highest BCUT2D eigenvalue weighted by Crippen LogP contribution is 2.44. The number of allylic oxidation sites excluding steroid dienone is 2. The summed E-state index contributed by atoms with van der Waals surface area (Å²) in [7, 11) is 1.57. The first-order valence-corrected chi connectivity index (χ1v) is 8.31. The van der Waals surface area contributed by atoms with Crippen LogP contribution in [0.2, 0.25) is 0 Å². The molecule has 1 unspecified atom stereocenters. The van der Waals surface area contributed by atoms with Gasteiger partial charge in [-0.25, -0.2) is 4.79 Å². The van der Waals surface area contributed by atoms with Crippen molar-refractivity contribution in [2.75, 3.05) is 13.7 Å². The van der Waals surface area contributed by atoms with Gasteiger partial charge in [0.2, 0.25) is 5.88 Å². The number of carbonyl (C=O) groups is 2. The van der Waals surface area contributed by atoms with E-state index < -0.39 is 11.9 Å². The molecule has 1 heterocycles. The van der Waals surface area contributed by atoms with E-state index in [4.69, 9.17) is 19.9 Å². The maximum Gasteiger partial charge on any atom is 0.340 e. The average molecular weight is 343 g/mol. The minimum absolute atomic E-state index is 0.000259. The van der Waals surface area contributed by atoms with Crippen molar-refractivity contribution in [1.82, 2.24) is 0 Å². The van der Waals surface area contributed by atoms with Crippen molar-refractivity contribution in [2.45, 2.75) is 32.1 Å². The smallest absolute Gasteiger partial charge is 0.340 e. The topological polar surface area (TPSA) is 87.9 Å². The van der Waals surface area contributed by atoms with Crippen LogP contribution in [-0.2, 0) is 19.1 Å². The molecule has 0 bridgehead atoms. The number of Topliss-reactive ketones (excluding diaryl/α,β-unsaturated/α-hetero) is 1. The first kappa shape index (κ1) is 17.1. The first-order valence-electron chi connectivity index (χ1n) is 8.31. The predicted octanol–water partition coefficient (Wildman–Crippen LogP) is 2.55. The standard InChI is InChI=1S/C19H21NO5/c1-3-24-19(22)17-15(11-6-4-7-12(10-11)23-2)16-13(21)8-5-9-14(16)25-18(17)20/h4,6-7,10,15H,3,5,8-9,20H2,1-2H3. The van der Waals surface area contributed by atoms with Crippen LogP contribution in [0.1, 0.15) is 37.7 Å². The van der Waals surface area contributed by atoms with Gasteiger partial charge in [-0.2, -0.15) is 0 Å². The molecule has 0 saturated heterocycles. The van der Waals surface area contributed by atoms with Gasteiger partial charge in [0.05, 0.1) is 19.6 Å². The molecule has 6 nitrogen and oxygen atoms in total. The summed E-state index contributed by atoms with van der Waals surface area (Å²) in [6.07, 6.45) is 1.77. The number of esters is 1. The van der Waals surface area contributed by atoms with Gasteiger partial charge in [-0.05, 0) is 31.0 Å². The minimum atomic E-state index is -0.606. The lowest BCUT2D eigenvalue weighted by atomic mass is 9.77. The molecule has 2 aliphatic rings. The van der Waals surface area contributed by atoms with Gasteiger partial charge < -0.3 is 19.9 Å². The Morgan fingerprint density at radius 3 is 2.88 bits per heavy atom. The summed E-state index contributed by atoms with van der Waals surface area (Å²) >= 11 is 0. The van der Waals surface area contributed by atoms with Crippen LogP contribution < -0.4 is 10.5 Å². The molecule has 25 heavy (non-hydrogen) atoms. The van der Waals surface area contributed by atoms with E-state index >= 15 is 0 Å². The number of methoxy groups -OCH3 is 1. The summed E-state index contributed by atoms with van der Waals surface area (Å²) in [6, 6.07) is 7.26. The molecular weight excluding hydrogens is 322 g/mol. The van der Waals surface area contributed by atoms with E-state index in [-0.39, 0.29) is 23.8 Å². The van der Waals surface area contributed by atoms with Gasteiger partial charge in [-0.15, -0.1) is 0 Å². The maximum absolute atomic E-state index is 12.6. The van der Waals surface area contributed by atoms with Gasteiger partial charge in [0.15, 0.2) is 5.78 Å². The van der Waals surface area contributed by atoms with Crippen LogP contribution in [-0.4, -0.2) is 25.5 Å². The van der Waals surface area contributed by atoms with E-state index in [2.05, 4.69) is 0 Å².